The van der Waals surface area contributed by atoms with E-state index in [1.807, 2.05) is 70.5 Å². The molecule has 2 aliphatic heterocycles. The third kappa shape index (κ3) is 8.93. The molecule has 67 heavy (non-hydrogen) atoms. The maximum Gasteiger partial charge on any atom is 0.282 e. The number of amides is 3. The average molecular weight is 948 g/mol. The number of aliphatic hydroxyl groups is 1. The summed E-state index contributed by atoms with van der Waals surface area (Å²) in [6, 6.07) is 17.4. The van der Waals surface area contributed by atoms with Crippen LogP contribution in [0, 0.1) is 12.3 Å². The van der Waals surface area contributed by atoms with Crippen LogP contribution in [0.1, 0.15) is 108 Å². The molecular formula is C51H56ClFN8O5S. The molecule has 13 nitrogen and oxygen atoms in total. The van der Waals surface area contributed by atoms with E-state index in [2.05, 4.69) is 52.6 Å². The number of aliphatic hydroxyl groups excluding tert-OH is 1. The second-order valence-corrected chi connectivity index (χ2v) is 21.3. The highest BCUT2D eigenvalue weighted by Gasteiger charge is 2.53. The van der Waals surface area contributed by atoms with E-state index in [1.165, 1.54) is 4.90 Å². The highest BCUT2D eigenvalue weighted by molar-refractivity contribution is 7.13. The number of fused-ring (bicyclic) bond motifs is 5. The van der Waals surface area contributed by atoms with E-state index in [0.717, 1.165) is 68.9 Å². The van der Waals surface area contributed by atoms with Crippen LogP contribution in [-0.4, -0.2) is 82.4 Å². The molecule has 3 N–H and O–H groups in total. The fourth-order valence-corrected chi connectivity index (χ4v) is 10.7. The lowest BCUT2D eigenvalue weighted by molar-refractivity contribution is -0.145. The summed E-state index contributed by atoms with van der Waals surface area (Å²) in [5.74, 6) is -1.07. The molecule has 0 radical (unpaired) electrons. The number of alkyl halides is 1. The van der Waals surface area contributed by atoms with Gasteiger partial charge in [0.15, 0.2) is 5.67 Å². The number of carbonyl (C=O) groups excluding carboxylic acids is 3. The molecule has 3 aromatic carbocycles. The lowest BCUT2D eigenvalue weighted by Crippen LogP contribution is -2.59. The molecule has 2 fully saturated rings. The standard InChI is InChI=1S/C51H56ClFN8O5S/c1-29-42(67-28-54-29)31-16-14-30(15-17-31)37(56-44(63)40-24-34(62)27-60(40)46(65)43(49(2,3)4)57-48(66)51(53)20-21-51)12-8-7-9-22-59-26-33(25-55-59)32-18-19-35-39(23-32)61-38-13-10-11-36(52)41(38)45(64)58-47(61)50(35,5)6/h10-11,13-19,23,25-26,28,34,37,40,43,62H,7-9,12,20-22,24,27H2,1-6H3,(H,56,63)(H,57,66)/t34-,37+,40+,43-/m1/s1. The molecule has 5 heterocycles. The molecule has 0 spiro atoms. The van der Waals surface area contributed by atoms with Gasteiger partial charge < -0.3 is 20.6 Å². The van der Waals surface area contributed by atoms with Crippen LogP contribution in [-0.2, 0) is 26.3 Å². The molecule has 3 aliphatic rings. The van der Waals surface area contributed by atoms with Gasteiger partial charge in [-0.1, -0.05) is 87.7 Å². The van der Waals surface area contributed by atoms with Crippen molar-refractivity contribution in [1.82, 2.24) is 39.8 Å². The number of likely N-dealkylation sites (tertiary alicyclic amines) is 1. The Morgan fingerprint density at radius 2 is 1.75 bits per heavy atom. The predicted molar refractivity (Wildman–Crippen MR) is 258 cm³/mol. The van der Waals surface area contributed by atoms with Gasteiger partial charge in [-0.05, 0) is 92.3 Å². The van der Waals surface area contributed by atoms with E-state index in [4.69, 9.17) is 16.7 Å². The number of β-amino-alcohol motifs (C(OH)–C–C–N with tert-alkyl or cyclic N) is 1. The number of hydrogen-bond donors (Lipinski definition) is 3. The number of rotatable bonds is 14. The molecule has 0 unspecified atom stereocenters. The Balaban J connectivity index is 0.882. The molecule has 16 heteroatoms. The summed E-state index contributed by atoms with van der Waals surface area (Å²) in [5, 5.41) is 22.2. The maximum atomic E-state index is 14.8. The van der Waals surface area contributed by atoms with E-state index in [1.54, 1.807) is 38.2 Å². The van der Waals surface area contributed by atoms with Crippen molar-refractivity contribution in [2.75, 3.05) is 6.54 Å². The van der Waals surface area contributed by atoms with Crippen molar-refractivity contribution >= 4 is 51.6 Å². The normalized spacial score (nSPS) is 18.9. The second-order valence-electron chi connectivity index (χ2n) is 20.0. The lowest BCUT2D eigenvalue weighted by Gasteiger charge is -2.36. The molecule has 1 saturated heterocycles. The number of benzene rings is 3. The summed E-state index contributed by atoms with van der Waals surface area (Å²) in [6.45, 7) is 12.1. The molecule has 4 atom stereocenters. The third-order valence-corrected chi connectivity index (χ3v) is 15.0. The van der Waals surface area contributed by atoms with Crippen molar-refractivity contribution < 1.29 is 23.9 Å². The van der Waals surface area contributed by atoms with Crippen molar-refractivity contribution in [1.29, 1.82) is 0 Å². The Morgan fingerprint density at radius 1 is 1.00 bits per heavy atom. The van der Waals surface area contributed by atoms with Crippen molar-refractivity contribution in [3.63, 3.8) is 0 Å². The molecule has 3 amide bonds. The van der Waals surface area contributed by atoms with Crippen molar-refractivity contribution in [2.45, 2.75) is 128 Å². The first-order chi connectivity index (χ1) is 31.8. The zero-order chi connectivity index (χ0) is 47.6. The van der Waals surface area contributed by atoms with Gasteiger partial charge in [0.25, 0.3) is 11.5 Å². The van der Waals surface area contributed by atoms with Crippen LogP contribution in [0.25, 0.3) is 38.2 Å². The summed E-state index contributed by atoms with van der Waals surface area (Å²) in [6.07, 6.45) is 6.30. The van der Waals surface area contributed by atoms with E-state index in [9.17, 15) is 28.7 Å². The second kappa shape index (κ2) is 17.7. The fraction of sp³-hybridized carbons (Fsp3) is 0.431. The first-order valence-corrected chi connectivity index (χ1v) is 24.3. The van der Waals surface area contributed by atoms with Gasteiger partial charge in [0.1, 0.15) is 17.9 Å². The summed E-state index contributed by atoms with van der Waals surface area (Å²) in [7, 11) is 0. The topological polar surface area (TPSA) is 164 Å². The molecule has 6 aromatic rings. The number of carbonyl (C=O) groups is 3. The van der Waals surface area contributed by atoms with Crippen LogP contribution < -0.4 is 16.2 Å². The number of unbranched alkanes of at least 4 members (excludes halogenated alkanes) is 2. The molecule has 1 saturated carbocycles. The van der Waals surface area contributed by atoms with Crippen LogP contribution in [0.3, 0.4) is 0 Å². The Kier molecular flexibility index (Phi) is 12.3. The summed E-state index contributed by atoms with van der Waals surface area (Å²) < 4.78 is 18.8. The quantitative estimate of drug-likeness (QED) is 0.0917. The molecular weight excluding hydrogens is 891 g/mol. The number of nitrogens with zero attached hydrogens (tertiary/aromatic N) is 6. The van der Waals surface area contributed by atoms with Gasteiger partial charge in [0.2, 0.25) is 11.8 Å². The van der Waals surface area contributed by atoms with Gasteiger partial charge in [-0.3, -0.25) is 28.4 Å². The van der Waals surface area contributed by atoms with Crippen LogP contribution in [0.15, 0.2) is 83.4 Å². The Labute approximate surface area is 397 Å². The minimum absolute atomic E-state index is 0.0401. The first kappa shape index (κ1) is 46.3. The maximum absolute atomic E-state index is 14.8. The monoisotopic (exact) mass is 946 g/mol. The summed E-state index contributed by atoms with van der Waals surface area (Å²) >= 11 is 8.08. The van der Waals surface area contributed by atoms with E-state index in [0.29, 0.717) is 29.2 Å². The molecule has 9 rings (SSSR count). The minimum atomic E-state index is -1.97. The zero-order valence-corrected chi connectivity index (χ0v) is 40.2. The highest BCUT2D eigenvalue weighted by Crippen LogP contribution is 2.45. The fourth-order valence-electron chi connectivity index (χ4n) is 9.62. The average Bonchev–Trinajstić information content (AvgIpc) is 3.63. The van der Waals surface area contributed by atoms with Gasteiger partial charge >= 0.3 is 0 Å². The van der Waals surface area contributed by atoms with Gasteiger partial charge in [-0.15, -0.1) is 11.3 Å². The largest absolute Gasteiger partial charge is 0.391 e. The van der Waals surface area contributed by atoms with E-state index >= 15 is 0 Å². The number of aryl methyl sites for hydroxylation is 2. The number of nitrogens with one attached hydrogen (secondary N) is 2. The molecule has 3 aromatic heterocycles. The number of aromatic nitrogens is 5. The Hall–Kier alpha value is -5.77. The Bertz CT molecular complexity index is 2950. The van der Waals surface area contributed by atoms with Crippen LogP contribution in [0.4, 0.5) is 4.39 Å². The SMILES string of the molecule is Cc1ncsc1-c1ccc([C@H](CCCCCn2cc(-c3ccc4c(c3)-n3c(nc(=O)c5c(Cl)cccc53)C4(C)C)cn2)NC(=O)[C@@H]2C[C@@H](O)CN2C(=O)[C@@H](NC(=O)C2(F)CC2)C(C)(C)C)cc1. The van der Waals surface area contributed by atoms with Crippen LogP contribution in [0.5, 0.6) is 0 Å². The van der Waals surface area contributed by atoms with Gasteiger partial charge in [0, 0.05) is 31.3 Å². The predicted octanol–water partition coefficient (Wildman–Crippen LogP) is 8.39. The van der Waals surface area contributed by atoms with Gasteiger partial charge in [0.05, 0.1) is 61.5 Å². The smallest absolute Gasteiger partial charge is 0.282 e. The van der Waals surface area contributed by atoms with E-state index in [-0.39, 0.29) is 31.4 Å². The molecule has 1 aliphatic carbocycles. The van der Waals surface area contributed by atoms with Gasteiger partial charge in [-0.2, -0.15) is 10.1 Å². The third-order valence-electron chi connectivity index (χ3n) is 13.7. The summed E-state index contributed by atoms with van der Waals surface area (Å²) in [5.41, 5.74) is 5.78. The van der Waals surface area contributed by atoms with Crippen molar-refractivity contribution in [2.24, 2.45) is 5.41 Å². The van der Waals surface area contributed by atoms with Gasteiger partial charge in [-0.25, -0.2) is 9.37 Å². The number of hydrogen-bond acceptors (Lipinski definition) is 9. The number of halogens is 2. The van der Waals surface area contributed by atoms with Crippen molar-refractivity contribution in [3.8, 4) is 27.3 Å². The molecule has 350 valence electrons. The zero-order valence-electron chi connectivity index (χ0n) is 38.6. The summed E-state index contributed by atoms with van der Waals surface area (Å²) in [4.78, 5) is 65.7. The van der Waals surface area contributed by atoms with Crippen LogP contribution >= 0.6 is 22.9 Å². The highest BCUT2D eigenvalue weighted by atomic mass is 35.5. The van der Waals surface area contributed by atoms with E-state index < -0.39 is 58.4 Å². The molecule has 0 bridgehead atoms. The first-order valence-electron chi connectivity index (χ1n) is 23.0. The van der Waals surface area contributed by atoms with Crippen molar-refractivity contribution in [3.05, 3.63) is 117 Å². The Morgan fingerprint density at radius 3 is 2.45 bits per heavy atom. The minimum Gasteiger partial charge on any atom is -0.391 e. The number of thiazole rings is 1. The lowest BCUT2D eigenvalue weighted by atomic mass is 9.85. The van der Waals surface area contributed by atoms with Crippen LogP contribution in [0.2, 0.25) is 5.02 Å².